The summed E-state index contributed by atoms with van der Waals surface area (Å²) in [7, 11) is 1.54. The molecule has 1 heterocycles. The summed E-state index contributed by atoms with van der Waals surface area (Å²) in [6.45, 7) is -0.474. The first-order chi connectivity index (χ1) is 17.3. The van der Waals surface area contributed by atoms with Gasteiger partial charge in [0, 0.05) is 22.7 Å². The fraction of sp³-hybridized carbons (Fsp3) is 0.154. The third-order valence-electron chi connectivity index (χ3n) is 5.31. The number of hydrogen-bond acceptors (Lipinski definition) is 8. The monoisotopic (exact) mass is 505 g/mol. The summed E-state index contributed by atoms with van der Waals surface area (Å²) in [5, 5.41) is 2.06. The zero-order valence-corrected chi connectivity index (χ0v) is 20.1. The number of imide groups is 1. The summed E-state index contributed by atoms with van der Waals surface area (Å²) in [6, 6.07) is 19.7. The highest BCUT2D eigenvalue weighted by molar-refractivity contribution is 8.00. The zero-order valence-electron chi connectivity index (χ0n) is 19.3. The van der Waals surface area contributed by atoms with Crippen molar-refractivity contribution < 1.29 is 28.7 Å². The maximum absolute atomic E-state index is 12.9. The molecule has 1 saturated heterocycles. The number of thioether (sulfide) groups is 1. The van der Waals surface area contributed by atoms with Crippen LogP contribution < -0.4 is 20.7 Å². The standard InChI is InChI=1S/C26H23N3O6S/c1-34-20-11-7-18(8-12-20)28-23(30)15-35-26(33)16-5-9-19(10-6-16)29-24(31)14-22(25(29)32)36-21-4-2-3-17(27)13-21/h2-13,22H,14-15,27H2,1H3,(H,28,30). The number of carbonyl (C=O) groups is 4. The molecular formula is C26H23N3O6S. The molecule has 0 radical (unpaired) electrons. The van der Waals surface area contributed by atoms with Crippen LogP contribution in [0.3, 0.4) is 0 Å². The van der Waals surface area contributed by atoms with E-state index in [1.165, 1.54) is 36.0 Å². The van der Waals surface area contributed by atoms with Crippen LogP contribution in [0.5, 0.6) is 5.75 Å². The molecule has 0 spiro atoms. The SMILES string of the molecule is COc1ccc(NC(=O)COC(=O)c2ccc(N3C(=O)CC(Sc4cccc(N)c4)C3=O)cc2)cc1. The van der Waals surface area contributed by atoms with Crippen LogP contribution in [0, 0.1) is 0 Å². The molecule has 10 heteroatoms. The third kappa shape index (κ3) is 5.84. The molecule has 0 aliphatic carbocycles. The topological polar surface area (TPSA) is 128 Å². The second kappa shape index (κ2) is 11.0. The summed E-state index contributed by atoms with van der Waals surface area (Å²) < 4.78 is 10.1. The molecule has 4 rings (SSSR count). The molecule has 1 fully saturated rings. The van der Waals surface area contributed by atoms with Gasteiger partial charge in [0.25, 0.3) is 5.91 Å². The number of amides is 3. The maximum atomic E-state index is 12.9. The number of anilines is 3. The summed E-state index contributed by atoms with van der Waals surface area (Å²) >= 11 is 1.28. The van der Waals surface area contributed by atoms with E-state index in [0.29, 0.717) is 22.8 Å². The number of carbonyl (C=O) groups excluding carboxylic acids is 4. The number of rotatable bonds is 8. The molecule has 184 valence electrons. The van der Waals surface area contributed by atoms with Gasteiger partial charge in [-0.15, -0.1) is 11.8 Å². The van der Waals surface area contributed by atoms with E-state index in [1.807, 2.05) is 6.07 Å². The largest absolute Gasteiger partial charge is 0.497 e. The average Bonchev–Trinajstić information content (AvgIpc) is 3.15. The van der Waals surface area contributed by atoms with Gasteiger partial charge in [0.15, 0.2) is 6.61 Å². The molecule has 3 amide bonds. The summed E-state index contributed by atoms with van der Waals surface area (Å²) in [5.41, 5.74) is 7.45. The third-order valence-corrected chi connectivity index (χ3v) is 6.49. The van der Waals surface area contributed by atoms with Gasteiger partial charge in [0.05, 0.1) is 23.6 Å². The van der Waals surface area contributed by atoms with Crippen LogP contribution in [0.4, 0.5) is 17.1 Å². The van der Waals surface area contributed by atoms with E-state index in [4.69, 9.17) is 15.2 Å². The van der Waals surface area contributed by atoms with E-state index >= 15 is 0 Å². The molecule has 3 aromatic rings. The minimum Gasteiger partial charge on any atom is -0.497 e. The van der Waals surface area contributed by atoms with Gasteiger partial charge >= 0.3 is 5.97 Å². The Bertz CT molecular complexity index is 1290. The van der Waals surface area contributed by atoms with Crippen LogP contribution in [0.2, 0.25) is 0 Å². The predicted molar refractivity (Wildman–Crippen MR) is 136 cm³/mol. The van der Waals surface area contributed by atoms with Crippen LogP contribution in [0.25, 0.3) is 0 Å². The lowest BCUT2D eigenvalue weighted by Crippen LogP contribution is -2.31. The van der Waals surface area contributed by atoms with Gasteiger partial charge < -0.3 is 20.5 Å². The molecule has 9 nitrogen and oxygen atoms in total. The van der Waals surface area contributed by atoms with E-state index in [-0.39, 0.29) is 23.8 Å². The van der Waals surface area contributed by atoms with Gasteiger partial charge in [-0.05, 0) is 66.7 Å². The van der Waals surface area contributed by atoms with Crippen molar-refractivity contribution in [3.63, 3.8) is 0 Å². The van der Waals surface area contributed by atoms with Gasteiger partial charge in [-0.3, -0.25) is 14.4 Å². The Labute approximate surface area is 211 Å². The van der Waals surface area contributed by atoms with Crippen molar-refractivity contribution in [1.29, 1.82) is 0 Å². The van der Waals surface area contributed by atoms with Gasteiger partial charge in [-0.2, -0.15) is 0 Å². The van der Waals surface area contributed by atoms with Gasteiger partial charge in [0.1, 0.15) is 5.75 Å². The number of methoxy groups -OCH3 is 1. The van der Waals surface area contributed by atoms with Crippen LogP contribution in [-0.2, 0) is 19.1 Å². The van der Waals surface area contributed by atoms with Gasteiger partial charge in [0.2, 0.25) is 11.8 Å². The molecule has 36 heavy (non-hydrogen) atoms. The highest BCUT2D eigenvalue weighted by Crippen LogP contribution is 2.34. The van der Waals surface area contributed by atoms with Gasteiger partial charge in [-0.25, -0.2) is 9.69 Å². The number of nitrogens with one attached hydrogen (secondary N) is 1. The number of nitrogens with two attached hydrogens (primary N) is 1. The highest BCUT2D eigenvalue weighted by atomic mass is 32.2. The molecule has 1 aliphatic rings. The zero-order chi connectivity index (χ0) is 25.7. The first-order valence-corrected chi connectivity index (χ1v) is 11.8. The number of hydrogen-bond donors (Lipinski definition) is 2. The quantitative estimate of drug-likeness (QED) is 0.271. The Hall–Kier alpha value is -4.31. The highest BCUT2D eigenvalue weighted by Gasteiger charge is 2.40. The number of nitrogen functional groups attached to an aromatic ring is 1. The van der Waals surface area contributed by atoms with Crippen molar-refractivity contribution in [3.05, 3.63) is 78.4 Å². The molecular weight excluding hydrogens is 482 g/mol. The second-order valence-corrected chi connectivity index (χ2v) is 9.13. The smallest absolute Gasteiger partial charge is 0.338 e. The molecule has 1 aliphatic heterocycles. The van der Waals surface area contributed by atoms with Crippen molar-refractivity contribution in [2.45, 2.75) is 16.6 Å². The van der Waals surface area contributed by atoms with Crippen molar-refractivity contribution in [1.82, 2.24) is 0 Å². The van der Waals surface area contributed by atoms with Crippen LogP contribution >= 0.6 is 11.8 Å². The Balaban J connectivity index is 1.32. The Kier molecular flexibility index (Phi) is 7.55. The average molecular weight is 506 g/mol. The Morgan fingerprint density at radius 3 is 2.44 bits per heavy atom. The van der Waals surface area contributed by atoms with E-state index in [1.54, 1.807) is 49.6 Å². The molecule has 1 unspecified atom stereocenters. The summed E-state index contributed by atoms with van der Waals surface area (Å²) in [6.07, 6.45) is 0.0609. The van der Waals surface area contributed by atoms with Crippen molar-refractivity contribution in [3.8, 4) is 5.75 Å². The van der Waals surface area contributed by atoms with Gasteiger partial charge in [-0.1, -0.05) is 6.07 Å². The lowest BCUT2D eigenvalue weighted by atomic mass is 10.2. The first kappa shape index (κ1) is 24.8. The van der Waals surface area contributed by atoms with Crippen LogP contribution in [-0.4, -0.2) is 42.7 Å². The normalized spacial score (nSPS) is 15.0. The summed E-state index contributed by atoms with van der Waals surface area (Å²) in [5.74, 6) is -1.22. The lowest BCUT2D eigenvalue weighted by Gasteiger charge is -2.15. The fourth-order valence-electron chi connectivity index (χ4n) is 3.55. The van der Waals surface area contributed by atoms with E-state index in [9.17, 15) is 19.2 Å². The predicted octanol–water partition coefficient (Wildman–Crippen LogP) is 3.50. The lowest BCUT2D eigenvalue weighted by molar-refractivity contribution is -0.121. The number of ether oxygens (including phenoxy) is 2. The molecule has 1 atom stereocenters. The van der Waals surface area contributed by atoms with E-state index in [0.717, 1.165) is 9.80 Å². The summed E-state index contributed by atoms with van der Waals surface area (Å²) in [4.78, 5) is 51.8. The number of nitrogens with zero attached hydrogens (tertiary/aromatic N) is 1. The number of benzene rings is 3. The van der Waals surface area contributed by atoms with Crippen molar-refractivity contribution in [2.75, 3.05) is 29.7 Å². The molecule has 0 aromatic heterocycles. The Morgan fingerprint density at radius 1 is 1.06 bits per heavy atom. The Morgan fingerprint density at radius 2 is 1.78 bits per heavy atom. The van der Waals surface area contributed by atoms with Crippen molar-refractivity contribution >= 4 is 52.5 Å². The molecule has 3 N–H and O–H groups in total. The minimum absolute atomic E-state index is 0.0609. The number of esters is 1. The van der Waals surface area contributed by atoms with Crippen LogP contribution in [0.1, 0.15) is 16.8 Å². The second-order valence-electron chi connectivity index (χ2n) is 7.85. The fourth-order valence-corrected chi connectivity index (χ4v) is 4.67. The van der Waals surface area contributed by atoms with Crippen molar-refractivity contribution in [2.24, 2.45) is 0 Å². The van der Waals surface area contributed by atoms with Crippen LogP contribution in [0.15, 0.2) is 77.7 Å². The van der Waals surface area contributed by atoms with E-state index in [2.05, 4.69) is 5.32 Å². The molecule has 0 saturated carbocycles. The first-order valence-electron chi connectivity index (χ1n) is 10.9. The molecule has 0 bridgehead atoms. The maximum Gasteiger partial charge on any atom is 0.338 e. The minimum atomic E-state index is -0.708. The molecule has 3 aromatic carbocycles. The van der Waals surface area contributed by atoms with E-state index < -0.39 is 23.7 Å².